The van der Waals surface area contributed by atoms with Gasteiger partial charge in [0, 0.05) is 24.2 Å². The number of nitro benzene ring substituents is 1. The second kappa shape index (κ2) is 7.75. The Labute approximate surface area is 144 Å². The summed E-state index contributed by atoms with van der Waals surface area (Å²) in [4.78, 5) is 22.2. The van der Waals surface area contributed by atoms with Crippen LogP contribution in [0.1, 0.15) is 10.4 Å². The fourth-order valence-corrected chi connectivity index (χ4v) is 3.22. The summed E-state index contributed by atoms with van der Waals surface area (Å²) < 4.78 is 29.4. The minimum Gasteiger partial charge on any atom is -0.497 e. The van der Waals surface area contributed by atoms with Crippen LogP contribution in [0, 0.1) is 10.1 Å². The summed E-state index contributed by atoms with van der Waals surface area (Å²) in [6.07, 6.45) is 0. The maximum atomic E-state index is 12.2. The molecule has 0 spiro atoms. The van der Waals surface area contributed by atoms with Gasteiger partial charge in [-0.1, -0.05) is 6.07 Å². The highest BCUT2D eigenvalue weighted by atomic mass is 32.2. The Balaban J connectivity index is 1.98. The number of nitrogens with zero attached hydrogens (tertiary/aromatic N) is 1. The standard InChI is InChI=1S/C16H16N2O6S/c1-24-14-5-7-15(8-6-14)25(22,23)10-9-17-16(19)12-3-2-4-13(11-12)18(20)21/h2-8,11H,9-10H2,1H3,(H,17,19). The normalized spacial score (nSPS) is 10.9. The number of sulfone groups is 1. The maximum Gasteiger partial charge on any atom is 0.270 e. The molecule has 1 amide bonds. The summed E-state index contributed by atoms with van der Waals surface area (Å²) in [5, 5.41) is 13.2. The predicted molar refractivity (Wildman–Crippen MR) is 90.5 cm³/mol. The van der Waals surface area contributed by atoms with E-state index in [4.69, 9.17) is 4.74 Å². The monoisotopic (exact) mass is 364 g/mol. The molecule has 0 bridgehead atoms. The molecule has 0 aliphatic rings. The molecule has 0 heterocycles. The van der Waals surface area contributed by atoms with E-state index in [1.165, 1.54) is 49.6 Å². The van der Waals surface area contributed by atoms with E-state index in [1.54, 1.807) is 0 Å². The molecule has 0 unspecified atom stereocenters. The molecule has 0 atom stereocenters. The van der Waals surface area contributed by atoms with Crippen molar-refractivity contribution in [3.8, 4) is 5.75 Å². The van der Waals surface area contributed by atoms with Crippen molar-refractivity contribution in [1.82, 2.24) is 5.32 Å². The van der Waals surface area contributed by atoms with Crippen LogP contribution in [0.4, 0.5) is 5.69 Å². The van der Waals surface area contributed by atoms with Crippen LogP contribution >= 0.6 is 0 Å². The van der Waals surface area contributed by atoms with E-state index in [0.29, 0.717) is 5.75 Å². The molecule has 9 heteroatoms. The number of hydrogen-bond acceptors (Lipinski definition) is 6. The first-order chi connectivity index (χ1) is 11.8. The number of non-ortho nitro benzene ring substituents is 1. The van der Waals surface area contributed by atoms with Crippen molar-refractivity contribution in [2.24, 2.45) is 0 Å². The first kappa shape index (κ1) is 18.4. The SMILES string of the molecule is COc1ccc(S(=O)(=O)CCNC(=O)c2cccc([N+](=O)[O-])c2)cc1. The first-order valence-electron chi connectivity index (χ1n) is 7.23. The van der Waals surface area contributed by atoms with Gasteiger partial charge >= 0.3 is 0 Å². The Hall–Kier alpha value is -2.94. The number of nitrogens with one attached hydrogen (secondary N) is 1. The Morgan fingerprint density at radius 1 is 1.20 bits per heavy atom. The van der Waals surface area contributed by atoms with Gasteiger partial charge < -0.3 is 10.1 Å². The zero-order valence-electron chi connectivity index (χ0n) is 13.3. The van der Waals surface area contributed by atoms with Crippen LogP contribution in [0.2, 0.25) is 0 Å². The molecule has 0 aliphatic heterocycles. The van der Waals surface area contributed by atoms with E-state index >= 15 is 0 Å². The van der Waals surface area contributed by atoms with E-state index in [-0.39, 0.29) is 28.4 Å². The molecule has 1 N–H and O–H groups in total. The molecular formula is C16H16N2O6S. The van der Waals surface area contributed by atoms with E-state index in [0.717, 1.165) is 6.07 Å². The number of hydrogen-bond donors (Lipinski definition) is 1. The van der Waals surface area contributed by atoms with Gasteiger partial charge in [-0.15, -0.1) is 0 Å². The number of amides is 1. The Bertz CT molecular complexity index is 878. The fourth-order valence-electron chi connectivity index (χ4n) is 2.06. The van der Waals surface area contributed by atoms with Crippen LogP contribution in [0.5, 0.6) is 5.75 Å². The summed E-state index contributed by atoms with van der Waals surface area (Å²) in [6, 6.07) is 11.1. The van der Waals surface area contributed by atoms with E-state index in [1.807, 2.05) is 0 Å². The van der Waals surface area contributed by atoms with Gasteiger partial charge in [0.2, 0.25) is 0 Å². The van der Waals surface area contributed by atoms with Crippen molar-refractivity contribution in [2.45, 2.75) is 4.90 Å². The lowest BCUT2D eigenvalue weighted by molar-refractivity contribution is -0.384. The molecule has 2 aromatic carbocycles. The summed E-state index contributed by atoms with van der Waals surface area (Å²) >= 11 is 0. The number of rotatable bonds is 7. The van der Waals surface area contributed by atoms with E-state index < -0.39 is 20.7 Å². The van der Waals surface area contributed by atoms with Gasteiger partial charge in [0.15, 0.2) is 9.84 Å². The Kier molecular flexibility index (Phi) is 5.71. The zero-order valence-corrected chi connectivity index (χ0v) is 14.2. The molecule has 2 aromatic rings. The lowest BCUT2D eigenvalue weighted by atomic mass is 10.2. The highest BCUT2D eigenvalue weighted by Crippen LogP contribution is 2.16. The molecule has 0 saturated heterocycles. The molecule has 0 aromatic heterocycles. The van der Waals surface area contributed by atoms with E-state index in [2.05, 4.69) is 5.32 Å². The number of nitro groups is 1. The molecule has 8 nitrogen and oxygen atoms in total. The van der Waals surface area contributed by atoms with Gasteiger partial charge in [-0.3, -0.25) is 14.9 Å². The van der Waals surface area contributed by atoms with Crippen LogP contribution in [0.15, 0.2) is 53.4 Å². The molecule has 25 heavy (non-hydrogen) atoms. The summed E-state index contributed by atoms with van der Waals surface area (Å²) in [5.74, 6) is -0.327. The van der Waals surface area contributed by atoms with Crippen LogP contribution in [0.3, 0.4) is 0 Å². The first-order valence-corrected chi connectivity index (χ1v) is 8.88. The lowest BCUT2D eigenvalue weighted by Gasteiger charge is -2.07. The average molecular weight is 364 g/mol. The molecule has 0 radical (unpaired) electrons. The minimum atomic E-state index is -3.56. The lowest BCUT2D eigenvalue weighted by Crippen LogP contribution is -2.29. The maximum absolute atomic E-state index is 12.2. The zero-order chi connectivity index (χ0) is 18.4. The number of carbonyl (C=O) groups excluding carboxylic acids is 1. The van der Waals surface area contributed by atoms with Gasteiger partial charge in [-0.05, 0) is 30.3 Å². The Morgan fingerprint density at radius 2 is 1.88 bits per heavy atom. The minimum absolute atomic E-state index is 0.0936. The summed E-state index contributed by atoms with van der Waals surface area (Å²) in [6.45, 7) is -0.115. The molecule has 0 fully saturated rings. The summed E-state index contributed by atoms with van der Waals surface area (Å²) in [5.41, 5.74) is -0.116. The highest BCUT2D eigenvalue weighted by Gasteiger charge is 2.16. The molecule has 132 valence electrons. The van der Waals surface area contributed by atoms with Crippen molar-refractivity contribution in [3.05, 3.63) is 64.2 Å². The smallest absolute Gasteiger partial charge is 0.270 e. The second-order valence-electron chi connectivity index (χ2n) is 5.06. The predicted octanol–water partition coefficient (Wildman–Crippen LogP) is 1.81. The number of carbonyl (C=O) groups is 1. The highest BCUT2D eigenvalue weighted by molar-refractivity contribution is 7.91. The van der Waals surface area contributed by atoms with Crippen molar-refractivity contribution < 1.29 is 22.9 Å². The molecular weight excluding hydrogens is 348 g/mol. The van der Waals surface area contributed by atoms with E-state index in [9.17, 15) is 23.3 Å². The van der Waals surface area contributed by atoms with Gasteiger partial charge in [0.1, 0.15) is 5.75 Å². The summed E-state index contributed by atoms with van der Waals surface area (Å²) in [7, 11) is -2.08. The van der Waals surface area contributed by atoms with Crippen LogP contribution < -0.4 is 10.1 Å². The van der Waals surface area contributed by atoms with Crippen LogP contribution in [-0.2, 0) is 9.84 Å². The van der Waals surface area contributed by atoms with Gasteiger partial charge in [-0.2, -0.15) is 0 Å². The average Bonchev–Trinajstić information content (AvgIpc) is 2.61. The van der Waals surface area contributed by atoms with Gasteiger partial charge in [0.05, 0.1) is 22.7 Å². The third kappa shape index (κ3) is 4.77. The van der Waals surface area contributed by atoms with Crippen LogP contribution in [0.25, 0.3) is 0 Å². The largest absolute Gasteiger partial charge is 0.497 e. The molecule has 2 rings (SSSR count). The van der Waals surface area contributed by atoms with Crippen molar-refractivity contribution in [3.63, 3.8) is 0 Å². The van der Waals surface area contributed by atoms with Crippen molar-refractivity contribution in [1.29, 1.82) is 0 Å². The van der Waals surface area contributed by atoms with Gasteiger partial charge in [0.25, 0.3) is 11.6 Å². The third-order valence-electron chi connectivity index (χ3n) is 3.39. The van der Waals surface area contributed by atoms with Crippen molar-refractivity contribution in [2.75, 3.05) is 19.4 Å². The number of methoxy groups -OCH3 is 1. The molecule has 0 aliphatic carbocycles. The second-order valence-corrected chi connectivity index (χ2v) is 7.17. The van der Waals surface area contributed by atoms with Crippen molar-refractivity contribution >= 4 is 21.4 Å². The topological polar surface area (TPSA) is 116 Å². The fraction of sp³-hybridized carbons (Fsp3) is 0.188. The van der Waals surface area contributed by atoms with Gasteiger partial charge in [-0.25, -0.2) is 8.42 Å². The Morgan fingerprint density at radius 3 is 2.48 bits per heavy atom. The number of ether oxygens (including phenoxy) is 1. The quantitative estimate of drug-likeness (QED) is 0.592. The molecule has 0 saturated carbocycles. The van der Waals surface area contributed by atoms with Crippen LogP contribution in [-0.4, -0.2) is 38.7 Å². The third-order valence-corrected chi connectivity index (χ3v) is 5.13. The number of benzene rings is 2.